The number of hydroxylamine groups is 2. The summed E-state index contributed by atoms with van der Waals surface area (Å²) in [7, 11) is -4.33. The molecule has 0 atom stereocenters. The molecule has 1 saturated heterocycles. The third-order valence-electron chi connectivity index (χ3n) is 1.28. The van der Waals surface area contributed by atoms with E-state index in [0.717, 1.165) is 0 Å². The highest BCUT2D eigenvalue weighted by Crippen LogP contribution is 1.97. The Hall–Kier alpha value is -0.210. The predicted octanol–water partition coefficient (Wildman–Crippen LogP) is -1.37. The predicted molar refractivity (Wildman–Crippen MR) is 37.1 cm³/mol. The molecule has 0 unspecified atom stereocenters. The zero-order valence-corrected chi connectivity index (χ0v) is 6.67. The van der Waals surface area contributed by atoms with Gasteiger partial charge in [0.25, 0.3) is 0 Å². The van der Waals surface area contributed by atoms with Gasteiger partial charge in [-0.25, -0.2) is 0 Å². The van der Waals surface area contributed by atoms with Gasteiger partial charge in [-0.15, -0.1) is 0 Å². The number of hydrogen-bond donors (Lipinski definition) is 2. The van der Waals surface area contributed by atoms with E-state index in [2.05, 4.69) is 9.60 Å². The summed E-state index contributed by atoms with van der Waals surface area (Å²) in [4.78, 5) is 0. The van der Waals surface area contributed by atoms with Crippen LogP contribution in [0.2, 0.25) is 0 Å². The Labute approximate surface area is 65.0 Å². The molecule has 0 aliphatic carbocycles. The van der Waals surface area contributed by atoms with Crippen molar-refractivity contribution >= 4 is 10.4 Å². The van der Waals surface area contributed by atoms with Crippen molar-refractivity contribution in [2.45, 2.75) is 0 Å². The van der Waals surface area contributed by atoms with Crippen molar-refractivity contribution in [3.05, 3.63) is 0 Å². The second kappa shape index (κ2) is 3.46. The highest BCUT2D eigenvalue weighted by molar-refractivity contribution is 7.80. The fourth-order valence-electron chi connectivity index (χ4n) is 0.852. The van der Waals surface area contributed by atoms with E-state index in [1.165, 1.54) is 5.06 Å². The van der Waals surface area contributed by atoms with E-state index >= 15 is 0 Å². The van der Waals surface area contributed by atoms with Gasteiger partial charge in [0, 0.05) is 26.2 Å². The maximum absolute atomic E-state index is 10.2. The Kier molecular flexibility index (Phi) is 2.79. The summed E-state index contributed by atoms with van der Waals surface area (Å²) in [5, 5.41) is 4.20. The molecule has 0 bridgehead atoms. The second-order valence-electron chi connectivity index (χ2n) is 2.18. The summed E-state index contributed by atoms with van der Waals surface area (Å²) in [6, 6.07) is 0. The largest absolute Gasteiger partial charge is 0.413 e. The van der Waals surface area contributed by atoms with Crippen LogP contribution in [-0.4, -0.2) is 44.2 Å². The van der Waals surface area contributed by atoms with Crippen molar-refractivity contribution in [2.24, 2.45) is 0 Å². The van der Waals surface area contributed by atoms with Crippen LogP contribution in [0.3, 0.4) is 0 Å². The molecule has 0 amide bonds. The average molecular weight is 182 g/mol. The Morgan fingerprint density at radius 1 is 1.36 bits per heavy atom. The zero-order valence-electron chi connectivity index (χ0n) is 5.86. The van der Waals surface area contributed by atoms with E-state index in [-0.39, 0.29) is 0 Å². The molecule has 0 aromatic rings. The van der Waals surface area contributed by atoms with E-state index in [1.807, 2.05) is 0 Å². The van der Waals surface area contributed by atoms with Crippen LogP contribution in [0.15, 0.2) is 0 Å². The molecule has 2 N–H and O–H groups in total. The van der Waals surface area contributed by atoms with E-state index in [4.69, 9.17) is 4.55 Å². The lowest BCUT2D eigenvalue weighted by atomic mass is 10.4. The van der Waals surface area contributed by atoms with E-state index < -0.39 is 10.4 Å². The number of piperazine rings is 1. The van der Waals surface area contributed by atoms with Crippen molar-refractivity contribution < 1.29 is 17.3 Å². The maximum Gasteiger partial charge on any atom is 0.413 e. The first-order valence-corrected chi connectivity index (χ1v) is 4.57. The molecule has 0 aromatic heterocycles. The van der Waals surface area contributed by atoms with Gasteiger partial charge >= 0.3 is 10.4 Å². The third-order valence-corrected chi connectivity index (χ3v) is 1.67. The first-order valence-electron chi connectivity index (χ1n) is 3.20. The van der Waals surface area contributed by atoms with Gasteiger partial charge in [0.1, 0.15) is 0 Å². The van der Waals surface area contributed by atoms with Gasteiger partial charge in [0.2, 0.25) is 0 Å². The highest BCUT2D eigenvalue weighted by Gasteiger charge is 2.16. The summed E-state index contributed by atoms with van der Waals surface area (Å²) in [5.41, 5.74) is 0. The van der Waals surface area contributed by atoms with Crippen LogP contribution >= 0.6 is 0 Å². The summed E-state index contributed by atoms with van der Waals surface area (Å²) < 4.78 is 32.8. The highest BCUT2D eigenvalue weighted by atomic mass is 32.3. The lowest BCUT2D eigenvalue weighted by Crippen LogP contribution is -2.44. The minimum Gasteiger partial charge on any atom is -0.314 e. The van der Waals surface area contributed by atoms with Crippen LogP contribution in [0.25, 0.3) is 0 Å². The second-order valence-corrected chi connectivity index (χ2v) is 3.19. The Morgan fingerprint density at radius 2 is 1.91 bits per heavy atom. The minimum absolute atomic E-state index is 0.458. The molecule has 11 heavy (non-hydrogen) atoms. The monoisotopic (exact) mass is 182 g/mol. The summed E-state index contributed by atoms with van der Waals surface area (Å²) in [6.45, 7) is 2.24. The molecule has 66 valence electrons. The van der Waals surface area contributed by atoms with E-state index in [1.54, 1.807) is 0 Å². The SMILES string of the molecule is O=S(=O)(O)ON1CCNCC1. The number of nitrogens with one attached hydrogen (secondary N) is 1. The van der Waals surface area contributed by atoms with Gasteiger partial charge in [-0.3, -0.25) is 4.55 Å². The molecule has 1 aliphatic heterocycles. The molecule has 1 rings (SSSR count). The van der Waals surface area contributed by atoms with Gasteiger partial charge in [-0.05, 0) is 0 Å². The van der Waals surface area contributed by atoms with Crippen LogP contribution in [0.1, 0.15) is 0 Å². The first-order chi connectivity index (χ1) is 5.08. The quantitative estimate of drug-likeness (QED) is 0.513. The Morgan fingerprint density at radius 3 is 2.36 bits per heavy atom. The standard InChI is InChI=1S/C4H10N2O4S/c7-11(8,9)10-6-3-1-5-2-4-6/h5H,1-4H2,(H,7,8,9). The molecule has 1 aliphatic rings. The van der Waals surface area contributed by atoms with E-state index in [0.29, 0.717) is 26.2 Å². The lowest BCUT2D eigenvalue weighted by molar-refractivity contribution is -0.0688. The van der Waals surface area contributed by atoms with Gasteiger partial charge in [-0.1, -0.05) is 0 Å². The van der Waals surface area contributed by atoms with Gasteiger partial charge in [0.05, 0.1) is 0 Å². The number of nitrogens with zero attached hydrogens (tertiary/aromatic N) is 1. The Balaban J connectivity index is 2.36. The molecule has 7 heteroatoms. The van der Waals surface area contributed by atoms with Crippen molar-refractivity contribution in [3.8, 4) is 0 Å². The molecular weight excluding hydrogens is 172 g/mol. The Bertz CT molecular complexity index is 208. The fourth-order valence-corrected chi connectivity index (χ4v) is 1.27. The molecule has 0 spiro atoms. The van der Waals surface area contributed by atoms with Crippen molar-refractivity contribution in [1.29, 1.82) is 0 Å². The lowest BCUT2D eigenvalue weighted by Gasteiger charge is -2.23. The molecular formula is C4H10N2O4S. The van der Waals surface area contributed by atoms with Crippen LogP contribution in [0.4, 0.5) is 0 Å². The molecule has 0 saturated carbocycles. The molecule has 1 fully saturated rings. The topological polar surface area (TPSA) is 78.9 Å². The third kappa shape index (κ3) is 3.63. The van der Waals surface area contributed by atoms with Gasteiger partial charge in [-0.2, -0.15) is 17.8 Å². The van der Waals surface area contributed by atoms with Crippen LogP contribution < -0.4 is 5.32 Å². The summed E-state index contributed by atoms with van der Waals surface area (Å²) in [6.07, 6.45) is 0. The first kappa shape index (κ1) is 8.88. The minimum atomic E-state index is -4.33. The molecule has 0 radical (unpaired) electrons. The summed E-state index contributed by atoms with van der Waals surface area (Å²) >= 11 is 0. The smallest absolute Gasteiger partial charge is 0.314 e. The van der Waals surface area contributed by atoms with Crippen LogP contribution in [-0.2, 0) is 14.7 Å². The van der Waals surface area contributed by atoms with Crippen molar-refractivity contribution in [3.63, 3.8) is 0 Å². The van der Waals surface area contributed by atoms with Crippen LogP contribution in [0, 0.1) is 0 Å². The molecule has 1 heterocycles. The van der Waals surface area contributed by atoms with Gasteiger partial charge in [0.15, 0.2) is 0 Å². The molecule has 0 aromatic carbocycles. The average Bonchev–Trinajstić information content (AvgIpc) is 1.85. The number of hydrogen-bond acceptors (Lipinski definition) is 5. The van der Waals surface area contributed by atoms with Crippen LogP contribution in [0.5, 0.6) is 0 Å². The van der Waals surface area contributed by atoms with Crippen molar-refractivity contribution in [2.75, 3.05) is 26.2 Å². The molecule has 6 nitrogen and oxygen atoms in total. The normalized spacial score (nSPS) is 21.9. The van der Waals surface area contributed by atoms with E-state index in [9.17, 15) is 8.42 Å². The fraction of sp³-hybridized carbons (Fsp3) is 1.00. The van der Waals surface area contributed by atoms with Crippen molar-refractivity contribution in [1.82, 2.24) is 10.4 Å². The maximum atomic E-state index is 10.2. The number of rotatable bonds is 2. The summed E-state index contributed by atoms with van der Waals surface area (Å²) in [5.74, 6) is 0. The zero-order chi connectivity index (χ0) is 8.32. The van der Waals surface area contributed by atoms with Gasteiger partial charge < -0.3 is 5.32 Å².